The summed E-state index contributed by atoms with van der Waals surface area (Å²) in [4.78, 5) is 4.84. The van der Waals surface area contributed by atoms with Gasteiger partial charge >= 0.3 is 0 Å². The molecule has 2 rings (SSSR count). The van der Waals surface area contributed by atoms with Gasteiger partial charge < -0.3 is 10.0 Å². The number of aliphatic hydroxyl groups is 1. The summed E-state index contributed by atoms with van der Waals surface area (Å²) < 4.78 is 0. The molecule has 1 atom stereocenters. The predicted octanol–water partition coefficient (Wildman–Crippen LogP) is 2.20. The fourth-order valence-electron chi connectivity index (χ4n) is 2.68. The number of aryl methyl sites for hydroxylation is 1. The SMILES string of the molecule is CCC(O)CN1CCN(c2cccc(C)c2C)CC1. The van der Waals surface area contributed by atoms with Crippen LogP contribution in [-0.2, 0) is 0 Å². The van der Waals surface area contributed by atoms with Crippen LogP contribution < -0.4 is 4.90 Å². The van der Waals surface area contributed by atoms with Crippen molar-refractivity contribution < 1.29 is 5.11 Å². The number of rotatable bonds is 4. The van der Waals surface area contributed by atoms with Gasteiger partial charge in [0.15, 0.2) is 0 Å². The minimum atomic E-state index is -0.174. The lowest BCUT2D eigenvalue weighted by atomic mass is 10.1. The van der Waals surface area contributed by atoms with Crippen molar-refractivity contribution in [3.8, 4) is 0 Å². The molecule has 0 spiro atoms. The molecule has 1 aromatic rings. The number of aliphatic hydroxyl groups excluding tert-OH is 1. The number of benzene rings is 1. The molecular formula is C16H26N2O. The van der Waals surface area contributed by atoms with Crippen LogP contribution in [0.3, 0.4) is 0 Å². The van der Waals surface area contributed by atoms with Gasteiger partial charge in [-0.1, -0.05) is 19.1 Å². The molecule has 0 radical (unpaired) electrons. The molecular weight excluding hydrogens is 236 g/mol. The third-order valence-corrected chi connectivity index (χ3v) is 4.23. The molecule has 3 heteroatoms. The quantitative estimate of drug-likeness (QED) is 0.901. The van der Waals surface area contributed by atoms with Gasteiger partial charge in [-0.05, 0) is 37.5 Å². The molecule has 1 aliphatic heterocycles. The Bertz CT molecular complexity index is 411. The molecule has 3 nitrogen and oxygen atoms in total. The first-order chi connectivity index (χ1) is 9.11. The molecule has 1 saturated heterocycles. The number of anilines is 1. The topological polar surface area (TPSA) is 26.7 Å². The van der Waals surface area contributed by atoms with Gasteiger partial charge in [0.1, 0.15) is 0 Å². The van der Waals surface area contributed by atoms with Crippen molar-refractivity contribution in [2.75, 3.05) is 37.6 Å². The largest absolute Gasteiger partial charge is 0.392 e. The highest BCUT2D eigenvalue weighted by Gasteiger charge is 2.19. The summed E-state index contributed by atoms with van der Waals surface area (Å²) in [5.74, 6) is 0. The molecule has 19 heavy (non-hydrogen) atoms. The fraction of sp³-hybridized carbons (Fsp3) is 0.625. The normalized spacial score (nSPS) is 18.6. The van der Waals surface area contributed by atoms with Crippen molar-refractivity contribution in [3.63, 3.8) is 0 Å². The van der Waals surface area contributed by atoms with E-state index in [1.165, 1.54) is 16.8 Å². The first-order valence-corrected chi connectivity index (χ1v) is 7.33. The fourth-order valence-corrected chi connectivity index (χ4v) is 2.68. The van der Waals surface area contributed by atoms with E-state index < -0.39 is 0 Å². The zero-order valence-electron chi connectivity index (χ0n) is 12.4. The van der Waals surface area contributed by atoms with Gasteiger partial charge in [-0.3, -0.25) is 4.90 Å². The van der Waals surface area contributed by atoms with Crippen molar-refractivity contribution in [1.82, 2.24) is 4.90 Å². The van der Waals surface area contributed by atoms with Gasteiger partial charge in [0.25, 0.3) is 0 Å². The molecule has 0 bridgehead atoms. The van der Waals surface area contributed by atoms with E-state index in [4.69, 9.17) is 0 Å². The molecule has 0 aliphatic carbocycles. The van der Waals surface area contributed by atoms with Crippen molar-refractivity contribution in [3.05, 3.63) is 29.3 Å². The van der Waals surface area contributed by atoms with Crippen LogP contribution in [0.5, 0.6) is 0 Å². The minimum absolute atomic E-state index is 0.174. The van der Waals surface area contributed by atoms with E-state index in [1.807, 2.05) is 6.92 Å². The summed E-state index contributed by atoms with van der Waals surface area (Å²) in [5.41, 5.74) is 4.13. The van der Waals surface area contributed by atoms with Gasteiger partial charge in [0, 0.05) is 38.4 Å². The maximum atomic E-state index is 9.72. The molecule has 1 aromatic carbocycles. The summed E-state index contributed by atoms with van der Waals surface area (Å²) in [6, 6.07) is 6.54. The minimum Gasteiger partial charge on any atom is -0.392 e. The maximum Gasteiger partial charge on any atom is 0.0664 e. The summed E-state index contributed by atoms with van der Waals surface area (Å²) in [7, 11) is 0. The number of piperazine rings is 1. The molecule has 0 aromatic heterocycles. The zero-order chi connectivity index (χ0) is 13.8. The Balaban J connectivity index is 1.94. The van der Waals surface area contributed by atoms with Crippen LogP contribution in [0.25, 0.3) is 0 Å². The van der Waals surface area contributed by atoms with Gasteiger partial charge in [-0.2, -0.15) is 0 Å². The van der Waals surface area contributed by atoms with Gasteiger partial charge in [-0.15, -0.1) is 0 Å². The van der Waals surface area contributed by atoms with E-state index in [0.717, 1.165) is 39.1 Å². The molecule has 1 heterocycles. The van der Waals surface area contributed by atoms with E-state index in [2.05, 4.69) is 41.8 Å². The Kier molecular flexibility index (Phi) is 4.83. The average molecular weight is 262 g/mol. The lowest BCUT2D eigenvalue weighted by Gasteiger charge is -2.37. The number of hydrogen-bond donors (Lipinski definition) is 1. The highest BCUT2D eigenvalue weighted by Crippen LogP contribution is 2.23. The van der Waals surface area contributed by atoms with Crippen LogP contribution in [0.2, 0.25) is 0 Å². The van der Waals surface area contributed by atoms with E-state index in [-0.39, 0.29) is 6.10 Å². The van der Waals surface area contributed by atoms with Gasteiger partial charge in [-0.25, -0.2) is 0 Å². The summed E-state index contributed by atoms with van der Waals surface area (Å²) in [6.45, 7) is 11.4. The van der Waals surface area contributed by atoms with Crippen molar-refractivity contribution in [1.29, 1.82) is 0 Å². The Morgan fingerprint density at radius 3 is 2.47 bits per heavy atom. The maximum absolute atomic E-state index is 9.72. The van der Waals surface area contributed by atoms with Crippen LogP contribution in [-0.4, -0.2) is 48.8 Å². The highest BCUT2D eigenvalue weighted by atomic mass is 16.3. The lowest BCUT2D eigenvalue weighted by molar-refractivity contribution is 0.106. The zero-order valence-corrected chi connectivity index (χ0v) is 12.4. The summed E-state index contributed by atoms with van der Waals surface area (Å²) in [6.07, 6.45) is 0.671. The third-order valence-electron chi connectivity index (χ3n) is 4.23. The van der Waals surface area contributed by atoms with E-state index in [0.29, 0.717) is 0 Å². The smallest absolute Gasteiger partial charge is 0.0664 e. The second-order valence-electron chi connectivity index (χ2n) is 5.57. The molecule has 1 aliphatic rings. The summed E-state index contributed by atoms with van der Waals surface area (Å²) >= 11 is 0. The Morgan fingerprint density at radius 1 is 1.16 bits per heavy atom. The van der Waals surface area contributed by atoms with E-state index in [1.54, 1.807) is 0 Å². The van der Waals surface area contributed by atoms with Crippen molar-refractivity contribution in [2.45, 2.75) is 33.3 Å². The monoisotopic (exact) mass is 262 g/mol. The van der Waals surface area contributed by atoms with Crippen LogP contribution in [0, 0.1) is 13.8 Å². The molecule has 106 valence electrons. The molecule has 1 unspecified atom stereocenters. The second-order valence-corrected chi connectivity index (χ2v) is 5.57. The molecule has 1 N–H and O–H groups in total. The van der Waals surface area contributed by atoms with E-state index >= 15 is 0 Å². The average Bonchev–Trinajstić information content (AvgIpc) is 2.43. The molecule has 0 saturated carbocycles. The van der Waals surface area contributed by atoms with Crippen LogP contribution >= 0.6 is 0 Å². The molecule has 1 fully saturated rings. The van der Waals surface area contributed by atoms with Gasteiger partial charge in [0.2, 0.25) is 0 Å². The standard InChI is InChI=1S/C16H26N2O/c1-4-15(19)12-17-8-10-18(11-9-17)16-7-5-6-13(2)14(16)3/h5-7,15,19H,4,8-12H2,1-3H3. The first kappa shape index (κ1) is 14.4. The summed E-state index contributed by atoms with van der Waals surface area (Å²) in [5, 5.41) is 9.72. The Hall–Kier alpha value is -1.06. The number of hydrogen-bond acceptors (Lipinski definition) is 3. The first-order valence-electron chi connectivity index (χ1n) is 7.33. The highest BCUT2D eigenvalue weighted by molar-refractivity contribution is 5.56. The molecule has 0 amide bonds. The predicted molar refractivity (Wildman–Crippen MR) is 80.9 cm³/mol. The lowest BCUT2D eigenvalue weighted by Crippen LogP contribution is -2.48. The van der Waals surface area contributed by atoms with Crippen LogP contribution in [0.15, 0.2) is 18.2 Å². The van der Waals surface area contributed by atoms with Crippen molar-refractivity contribution in [2.24, 2.45) is 0 Å². The number of β-amino-alcohol motifs (C(OH)–C–C–N with tert-alkyl or cyclic N) is 1. The van der Waals surface area contributed by atoms with Crippen molar-refractivity contribution >= 4 is 5.69 Å². The Labute approximate surface area is 116 Å². The van der Waals surface area contributed by atoms with Gasteiger partial charge in [0.05, 0.1) is 6.10 Å². The third kappa shape index (κ3) is 3.48. The number of nitrogens with zero attached hydrogens (tertiary/aromatic N) is 2. The second kappa shape index (κ2) is 6.40. The van der Waals surface area contributed by atoms with E-state index in [9.17, 15) is 5.11 Å². The Morgan fingerprint density at radius 2 is 1.84 bits per heavy atom. The van der Waals surface area contributed by atoms with Crippen LogP contribution in [0.4, 0.5) is 5.69 Å². The van der Waals surface area contributed by atoms with Crippen LogP contribution in [0.1, 0.15) is 24.5 Å².